The van der Waals surface area contributed by atoms with E-state index in [2.05, 4.69) is 42.0 Å². The Morgan fingerprint density at radius 1 is 1.05 bits per heavy atom. The first-order chi connectivity index (χ1) is 9.15. The van der Waals surface area contributed by atoms with Crippen molar-refractivity contribution in [2.24, 2.45) is 0 Å². The summed E-state index contributed by atoms with van der Waals surface area (Å²) in [4.78, 5) is 8.13. The summed E-state index contributed by atoms with van der Waals surface area (Å²) in [5.41, 5.74) is 6.08. The maximum absolute atomic E-state index is 4.07. The lowest BCUT2D eigenvalue weighted by Crippen LogP contribution is -2.12. The van der Waals surface area contributed by atoms with Crippen molar-refractivity contribution in [2.75, 3.05) is 0 Å². The van der Waals surface area contributed by atoms with E-state index in [-0.39, 0.29) is 0 Å². The van der Waals surface area contributed by atoms with Gasteiger partial charge in [-0.1, -0.05) is 32.0 Å². The highest BCUT2D eigenvalue weighted by atomic mass is 14.8. The first-order valence-electron chi connectivity index (χ1n) is 7.01. The van der Waals surface area contributed by atoms with E-state index in [0.29, 0.717) is 5.41 Å². The third kappa shape index (κ3) is 2.53. The number of fused-ring (bicyclic) bond motifs is 1. The average Bonchev–Trinajstić information content (AvgIpc) is 2.73. The summed E-state index contributed by atoms with van der Waals surface area (Å²) in [6, 6.07) is 7.01. The highest BCUT2D eigenvalue weighted by Gasteiger charge is 2.29. The van der Waals surface area contributed by atoms with Crippen molar-refractivity contribution in [3.63, 3.8) is 0 Å². The van der Waals surface area contributed by atoms with E-state index in [1.807, 2.05) is 12.4 Å². The Morgan fingerprint density at radius 2 is 1.79 bits per heavy atom. The van der Waals surface area contributed by atoms with Crippen LogP contribution in [0.2, 0.25) is 0 Å². The number of aryl methyl sites for hydroxylation is 3. The molecule has 0 spiro atoms. The molecule has 2 heteroatoms. The van der Waals surface area contributed by atoms with E-state index in [1.165, 1.54) is 29.5 Å². The summed E-state index contributed by atoms with van der Waals surface area (Å²) in [5.74, 6) is 0. The second-order valence-electron chi connectivity index (χ2n) is 6.12. The van der Waals surface area contributed by atoms with Crippen molar-refractivity contribution in [3.05, 3.63) is 59.2 Å². The normalized spacial score (nSPS) is 16.3. The molecule has 1 aromatic carbocycles. The highest BCUT2D eigenvalue weighted by molar-refractivity contribution is 5.41. The summed E-state index contributed by atoms with van der Waals surface area (Å²) >= 11 is 0. The largest absolute Gasteiger partial charge is 0.245 e. The fourth-order valence-electron chi connectivity index (χ4n) is 2.96. The van der Waals surface area contributed by atoms with Crippen molar-refractivity contribution in [1.82, 2.24) is 9.97 Å². The molecule has 0 saturated heterocycles. The maximum atomic E-state index is 4.07. The zero-order chi connectivity index (χ0) is 13.3. The van der Waals surface area contributed by atoms with Crippen LogP contribution in [0.5, 0.6) is 0 Å². The molecule has 0 aliphatic heterocycles. The van der Waals surface area contributed by atoms with E-state index in [9.17, 15) is 0 Å². The zero-order valence-corrected chi connectivity index (χ0v) is 11.7. The molecular weight excluding hydrogens is 232 g/mol. The fourth-order valence-corrected chi connectivity index (χ4v) is 2.96. The molecule has 1 aromatic heterocycles. The first-order valence-corrected chi connectivity index (χ1v) is 7.01. The topological polar surface area (TPSA) is 25.8 Å². The van der Waals surface area contributed by atoms with Gasteiger partial charge in [0, 0.05) is 12.4 Å². The van der Waals surface area contributed by atoms with Crippen molar-refractivity contribution in [3.8, 4) is 0 Å². The second kappa shape index (κ2) is 4.76. The molecule has 0 amide bonds. The van der Waals surface area contributed by atoms with Gasteiger partial charge in [0.1, 0.15) is 6.33 Å². The maximum Gasteiger partial charge on any atom is 0.115 e. The van der Waals surface area contributed by atoms with Gasteiger partial charge in [0.05, 0.1) is 0 Å². The molecule has 2 nitrogen and oxygen atoms in total. The van der Waals surface area contributed by atoms with Crippen molar-refractivity contribution >= 4 is 0 Å². The summed E-state index contributed by atoms with van der Waals surface area (Å²) in [7, 11) is 0. The molecule has 1 aliphatic carbocycles. The molecule has 0 N–H and O–H groups in total. The Labute approximate surface area is 114 Å². The summed E-state index contributed by atoms with van der Waals surface area (Å²) in [6.07, 6.45) is 9.99. The third-order valence-corrected chi connectivity index (χ3v) is 4.24. The molecule has 0 bridgehead atoms. The van der Waals surface area contributed by atoms with Crippen LogP contribution in [0, 0.1) is 0 Å². The van der Waals surface area contributed by atoms with Crippen molar-refractivity contribution in [1.29, 1.82) is 0 Å². The van der Waals surface area contributed by atoms with Crippen LogP contribution in [-0.2, 0) is 24.7 Å². The number of benzene rings is 1. The minimum atomic E-state index is 0.348. The minimum Gasteiger partial charge on any atom is -0.245 e. The predicted molar refractivity (Wildman–Crippen MR) is 77.2 cm³/mol. The van der Waals surface area contributed by atoms with Gasteiger partial charge in [-0.15, -0.1) is 0 Å². The van der Waals surface area contributed by atoms with Crippen LogP contribution in [0.25, 0.3) is 0 Å². The van der Waals surface area contributed by atoms with Crippen LogP contribution >= 0.6 is 0 Å². The van der Waals surface area contributed by atoms with Gasteiger partial charge < -0.3 is 0 Å². The zero-order valence-electron chi connectivity index (χ0n) is 11.7. The second-order valence-corrected chi connectivity index (χ2v) is 6.12. The van der Waals surface area contributed by atoms with Crippen molar-refractivity contribution < 1.29 is 0 Å². The number of hydrogen-bond donors (Lipinski definition) is 0. The molecule has 1 heterocycles. The SMILES string of the molecule is CC1(C)CCc2ccc(CCc3cncnc3)cc21. The Hall–Kier alpha value is -1.70. The Bertz CT molecular complexity index is 573. The lowest BCUT2D eigenvalue weighted by molar-refractivity contribution is 0.522. The molecular formula is C17H20N2. The van der Waals surface area contributed by atoms with Crippen LogP contribution < -0.4 is 0 Å². The molecule has 0 fully saturated rings. The quantitative estimate of drug-likeness (QED) is 0.835. The minimum absolute atomic E-state index is 0.348. The van der Waals surface area contributed by atoms with Gasteiger partial charge in [-0.25, -0.2) is 9.97 Å². The average molecular weight is 252 g/mol. The number of hydrogen-bond acceptors (Lipinski definition) is 2. The molecule has 2 aromatic rings. The van der Waals surface area contributed by atoms with E-state index in [4.69, 9.17) is 0 Å². The van der Waals surface area contributed by atoms with Crippen LogP contribution in [0.3, 0.4) is 0 Å². The number of rotatable bonds is 3. The van der Waals surface area contributed by atoms with Gasteiger partial charge in [0.2, 0.25) is 0 Å². The Kier molecular flexibility index (Phi) is 3.09. The van der Waals surface area contributed by atoms with E-state index < -0.39 is 0 Å². The molecule has 1 aliphatic rings. The molecule has 0 atom stereocenters. The number of aromatic nitrogens is 2. The fraction of sp³-hybridized carbons (Fsp3) is 0.412. The van der Waals surface area contributed by atoms with Crippen molar-refractivity contribution in [2.45, 2.75) is 44.9 Å². The van der Waals surface area contributed by atoms with Gasteiger partial charge in [-0.3, -0.25) is 0 Å². The molecule has 0 saturated carbocycles. The van der Waals surface area contributed by atoms with Crippen LogP contribution in [-0.4, -0.2) is 9.97 Å². The summed E-state index contributed by atoms with van der Waals surface area (Å²) in [6.45, 7) is 4.71. The van der Waals surface area contributed by atoms with Gasteiger partial charge >= 0.3 is 0 Å². The van der Waals surface area contributed by atoms with Gasteiger partial charge in [-0.2, -0.15) is 0 Å². The lowest BCUT2D eigenvalue weighted by atomic mass is 9.85. The molecule has 0 unspecified atom stereocenters. The first kappa shape index (κ1) is 12.3. The standard InChI is InChI=1S/C17H20N2/c1-17(2)8-7-15-6-5-13(9-16(15)17)3-4-14-10-18-12-19-11-14/h5-6,9-12H,3-4,7-8H2,1-2H3. The van der Waals surface area contributed by atoms with Crippen LogP contribution in [0.15, 0.2) is 36.9 Å². The van der Waals surface area contributed by atoms with Gasteiger partial charge in [0.15, 0.2) is 0 Å². The monoisotopic (exact) mass is 252 g/mol. The molecule has 0 radical (unpaired) electrons. The third-order valence-electron chi connectivity index (χ3n) is 4.24. The molecule has 19 heavy (non-hydrogen) atoms. The molecule has 98 valence electrons. The highest BCUT2D eigenvalue weighted by Crippen LogP contribution is 2.38. The Morgan fingerprint density at radius 3 is 2.58 bits per heavy atom. The van der Waals surface area contributed by atoms with Gasteiger partial charge in [-0.05, 0) is 53.4 Å². The molecule has 3 rings (SSSR count). The van der Waals surface area contributed by atoms with E-state index in [1.54, 1.807) is 11.9 Å². The summed E-state index contributed by atoms with van der Waals surface area (Å²) < 4.78 is 0. The predicted octanol–water partition coefficient (Wildman–Crippen LogP) is 3.49. The van der Waals surface area contributed by atoms with E-state index >= 15 is 0 Å². The lowest BCUT2D eigenvalue weighted by Gasteiger charge is -2.19. The van der Waals surface area contributed by atoms with E-state index in [0.717, 1.165) is 12.8 Å². The Balaban J connectivity index is 1.77. The van der Waals surface area contributed by atoms with Crippen LogP contribution in [0.1, 0.15) is 42.5 Å². The van der Waals surface area contributed by atoms with Gasteiger partial charge in [0.25, 0.3) is 0 Å². The summed E-state index contributed by atoms with van der Waals surface area (Å²) in [5, 5.41) is 0. The van der Waals surface area contributed by atoms with Crippen LogP contribution in [0.4, 0.5) is 0 Å². The smallest absolute Gasteiger partial charge is 0.115 e. The number of nitrogens with zero attached hydrogens (tertiary/aromatic N) is 2.